The average Bonchev–Trinajstić information content (AvgIpc) is 3.01. The van der Waals surface area contributed by atoms with Crippen molar-refractivity contribution in [3.63, 3.8) is 0 Å². The molecule has 8 heteroatoms. The van der Waals surface area contributed by atoms with Crippen LogP contribution in [0.15, 0.2) is 30.3 Å². The second-order valence-electron chi connectivity index (χ2n) is 6.84. The van der Waals surface area contributed by atoms with Crippen LogP contribution in [-0.4, -0.2) is 41.3 Å². The lowest BCUT2D eigenvalue weighted by Gasteiger charge is -2.33. The van der Waals surface area contributed by atoms with E-state index in [0.717, 1.165) is 30.6 Å². The lowest BCUT2D eigenvalue weighted by Crippen LogP contribution is -2.49. The highest BCUT2D eigenvalue weighted by molar-refractivity contribution is 6.31. The summed E-state index contributed by atoms with van der Waals surface area (Å²) in [5.74, 6) is -0.0421. The number of para-hydroxylation sites is 2. The molecule has 0 saturated carbocycles. The zero-order valence-electron chi connectivity index (χ0n) is 16.8. The summed E-state index contributed by atoms with van der Waals surface area (Å²) in [6, 6.07) is 7.16. The number of rotatable bonds is 6. The van der Waals surface area contributed by atoms with Crippen molar-refractivity contribution in [1.29, 1.82) is 0 Å². The van der Waals surface area contributed by atoms with Gasteiger partial charge >= 0.3 is 0 Å². The Labute approximate surface area is 175 Å². The summed E-state index contributed by atoms with van der Waals surface area (Å²) in [6.45, 7) is 4.84. The largest absolute Gasteiger partial charge is 0.477 e. The van der Waals surface area contributed by atoms with Gasteiger partial charge in [0.25, 0.3) is 11.8 Å². The van der Waals surface area contributed by atoms with Crippen LogP contribution in [0.5, 0.6) is 5.75 Å². The first-order chi connectivity index (χ1) is 14.0. The van der Waals surface area contributed by atoms with E-state index >= 15 is 0 Å². The fourth-order valence-electron chi connectivity index (χ4n) is 3.20. The molecule has 0 spiro atoms. The van der Waals surface area contributed by atoms with Gasteiger partial charge in [-0.05, 0) is 31.6 Å². The second-order valence-corrected chi connectivity index (χ2v) is 7.20. The molecule has 2 heterocycles. The second kappa shape index (κ2) is 9.13. The number of aryl methyl sites for hydroxylation is 2. The third kappa shape index (κ3) is 4.45. The molecule has 0 aliphatic carbocycles. The summed E-state index contributed by atoms with van der Waals surface area (Å²) < 4.78 is 7.50. The molecule has 1 aliphatic rings. The van der Waals surface area contributed by atoms with Crippen LogP contribution in [0.25, 0.3) is 6.08 Å². The fourth-order valence-corrected chi connectivity index (χ4v) is 3.52. The molecule has 3 rings (SSSR count). The maximum Gasteiger partial charge on any atom is 0.262 e. The van der Waals surface area contributed by atoms with E-state index < -0.39 is 6.10 Å². The number of unbranched alkanes of at least 4 members (excludes halogenated alkanes) is 1. The third-order valence-corrected chi connectivity index (χ3v) is 5.20. The van der Waals surface area contributed by atoms with Crippen molar-refractivity contribution >= 4 is 35.2 Å². The number of amides is 2. The van der Waals surface area contributed by atoms with Gasteiger partial charge in [-0.2, -0.15) is 5.10 Å². The Hall–Kier alpha value is -2.80. The third-order valence-electron chi connectivity index (χ3n) is 4.80. The Kier molecular flexibility index (Phi) is 6.59. The first-order valence-electron chi connectivity index (χ1n) is 9.66. The van der Waals surface area contributed by atoms with Crippen molar-refractivity contribution in [2.24, 2.45) is 0 Å². The molecule has 154 valence electrons. The standard InChI is InChI=1S/C21H25ClN4O3/c1-4-5-12-26-20(22)15(14(2)24-26)10-11-19(27)25-13-18(21(28)23-3)29-17-9-7-6-8-16(17)25/h6-11,18H,4-5,12-13H2,1-3H3,(H,23,28)/b11-10+. The van der Waals surface area contributed by atoms with Gasteiger partial charge in [-0.3, -0.25) is 14.3 Å². The summed E-state index contributed by atoms with van der Waals surface area (Å²) in [4.78, 5) is 26.6. The van der Waals surface area contributed by atoms with Crippen molar-refractivity contribution in [3.05, 3.63) is 46.8 Å². The molecule has 2 aromatic rings. The molecule has 1 aromatic heterocycles. The Bertz CT molecular complexity index is 938. The number of hydrogen-bond donors (Lipinski definition) is 1. The number of carbonyl (C=O) groups is 2. The molecule has 0 saturated heterocycles. The SMILES string of the molecule is CCCCn1nc(C)c(/C=C/C(=O)N2CC(C(=O)NC)Oc3ccccc32)c1Cl. The van der Waals surface area contributed by atoms with Crippen LogP contribution < -0.4 is 15.0 Å². The molecule has 1 N–H and O–H groups in total. The Balaban J connectivity index is 1.85. The Morgan fingerprint density at radius 3 is 2.86 bits per heavy atom. The van der Waals surface area contributed by atoms with E-state index in [1.165, 1.54) is 6.08 Å². The normalized spacial score (nSPS) is 15.9. The van der Waals surface area contributed by atoms with Gasteiger partial charge in [0.2, 0.25) is 0 Å². The molecular formula is C21H25ClN4O3. The topological polar surface area (TPSA) is 76.5 Å². The van der Waals surface area contributed by atoms with E-state index in [1.807, 2.05) is 13.0 Å². The van der Waals surface area contributed by atoms with Crippen molar-refractivity contribution in [3.8, 4) is 5.75 Å². The highest BCUT2D eigenvalue weighted by atomic mass is 35.5. The number of halogens is 1. The van der Waals surface area contributed by atoms with E-state index in [-0.39, 0.29) is 18.4 Å². The van der Waals surface area contributed by atoms with Gasteiger partial charge < -0.3 is 15.0 Å². The van der Waals surface area contributed by atoms with Crippen LogP contribution in [0.2, 0.25) is 5.15 Å². The monoisotopic (exact) mass is 416 g/mol. The summed E-state index contributed by atoms with van der Waals surface area (Å²) in [5.41, 5.74) is 2.12. The molecule has 0 fully saturated rings. The quantitative estimate of drug-likeness (QED) is 0.733. The zero-order valence-corrected chi connectivity index (χ0v) is 17.6. The van der Waals surface area contributed by atoms with E-state index in [2.05, 4.69) is 17.3 Å². The maximum absolute atomic E-state index is 13.0. The minimum Gasteiger partial charge on any atom is -0.477 e. The number of carbonyl (C=O) groups excluding carboxylic acids is 2. The molecule has 1 aliphatic heterocycles. The fraction of sp³-hybridized carbons (Fsp3) is 0.381. The molecular weight excluding hydrogens is 392 g/mol. The molecule has 7 nitrogen and oxygen atoms in total. The number of anilines is 1. The van der Waals surface area contributed by atoms with Crippen LogP contribution in [0.1, 0.15) is 31.0 Å². The number of fused-ring (bicyclic) bond motifs is 1. The van der Waals surface area contributed by atoms with Crippen molar-refractivity contribution in [2.45, 2.75) is 39.3 Å². The minimum atomic E-state index is -0.769. The van der Waals surface area contributed by atoms with E-state index in [4.69, 9.17) is 16.3 Å². The summed E-state index contributed by atoms with van der Waals surface area (Å²) in [5, 5.41) is 7.54. The number of likely N-dealkylation sites (N-methyl/N-ethyl adjacent to an activating group) is 1. The zero-order chi connectivity index (χ0) is 21.0. The Morgan fingerprint density at radius 1 is 1.38 bits per heavy atom. The predicted octanol–water partition coefficient (Wildman–Crippen LogP) is 3.20. The van der Waals surface area contributed by atoms with Gasteiger partial charge in [0, 0.05) is 25.2 Å². The molecule has 29 heavy (non-hydrogen) atoms. The smallest absolute Gasteiger partial charge is 0.262 e. The van der Waals surface area contributed by atoms with Crippen LogP contribution in [-0.2, 0) is 16.1 Å². The highest BCUT2D eigenvalue weighted by Crippen LogP contribution is 2.33. The average molecular weight is 417 g/mol. The van der Waals surface area contributed by atoms with Crippen molar-refractivity contribution in [1.82, 2.24) is 15.1 Å². The number of nitrogens with zero attached hydrogens (tertiary/aromatic N) is 3. The first kappa shape index (κ1) is 20.9. The molecule has 1 aromatic carbocycles. The van der Waals surface area contributed by atoms with Gasteiger partial charge in [-0.15, -0.1) is 0 Å². The lowest BCUT2D eigenvalue weighted by atomic mass is 10.1. The predicted molar refractivity (Wildman–Crippen MR) is 113 cm³/mol. The molecule has 0 bridgehead atoms. The van der Waals surface area contributed by atoms with Crippen LogP contribution in [0.4, 0.5) is 5.69 Å². The van der Waals surface area contributed by atoms with Crippen LogP contribution in [0, 0.1) is 6.92 Å². The van der Waals surface area contributed by atoms with Gasteiger partial charge in [0.15, 0.2) is 6.10 Å². The van der Waals surface area contributed by atoms with E-state index in [1.54, 1.807) is 40.9 Å². The number of hydrogen-bond acceptors (Lipinski definition) is 4. The Morgan fingerprint density at radius 2 is 2.14 bits per heavy atom. The maximum atomic E-state index is 13.0. The molecule has 1 atom stereocenters. The summed E-state index contributed by atoms with van der Waals surface area (Å²) >= 11 is 6.45. The van der Waals surface area contributed by atoms with E-state index in [0.29, 0.717) is 16.6 Å². The molecule has 2 amide bonds. The molecule has 0 radical (unpaired) electrons. The number of ether oxygens (including phenoxy) is 1. The van der Waals surface area contributed by atoms with Gasteiger partial charge in [0.05, 0.1) is 17.9 Å². The summed E-state index contributed by atoms with van der Waals surface area (Å²) in [7, 11) is 1.54. The first-order valence-corrected chi connectivity index (χ1v) is 10.0. The number of nitrogens with one attached hydrogen (secondary N) is 1. The lowest BCUT2D eigenvalue weighted by molar-refractivity contribution is -0.127. The molecule has 1 unspecified atom stereocenters. The highest BCUT2D eigenvalue weighted by Gasteiger charge is 2.32. The van der Waals surface area contributed by atoms with Crippen LogP contribution in [0.3, 0.4) is 0 Å². The van der Waals surface area contributed by atoms with Crippen molar-refractivity contribution < 1.29 is 14.3 Å². The number of aromatic nitrogens is 2. The van der Waals surface area contributed by atoms with Crippen LogP contribution >= 0.6 is 11.6 Å². The van der Waals surface area contributed by atoms with Gasteiger partial charge in [-0.1, -0.05) is 37.1 Å². The van der Waals surface area contributed by atoms with Gasteiger partial charge in [-0.25, -0.2) is 0 Å². The summed E-state index contributed by atoms with van der Waals surface area (Å²) in [6.07, 6.45) is 4.40. The van der Waals surface area contributed by atoms with Crippen molar-refractivity contribution in [2.75, 3.05) is 18.5 Å². The number of benzene rings is 1. The minimum absolute atomic E-state index is 0.127. The van der Waals surface area contributed by atoms with Gasteiger partial charge in [0.1, 0.15) is 10.9 Å². The van der Waals surface area contributed by atoms with E-state index in [9.17, 15) is 9.59 Å².